The third kappa shape index (κ3) is 5.35. The van der Waals surface area contributed by atoms with Crippen molar-refractivity contribution in [3.05, 3.63) is 28.0 Å². The number of carbonyl (C=O) groups is 2. The van der Waals surface area contributed by atoms with Crippen LogP contribution in [0.5, 0.6) is 0 Å². The second-order valence-electron chi connectivity index (χ2n) is 3.93. The zero-order valence-electron chi connectivity index (χ0n) is 10.6. The van der Waals surface area contributed by atoms with E-state index in [1.54, 1.807) is 24.6 Å². The van der Waals surface area contributed by atoms with Crippen molar-refractivity contribution in [2.45, 2.75) is 12.2 Å². The summed E-state index contributed by atoms with van der Waals surface area (Å²) in [5.41, 5.74) is 0.476. The van der Waals surface area contributed by atoms with Gasteiger partial charge in [-0.3, -0.25) is 9.00 Å². The molecule has 0 saturated heterocycles. The second-order valence-corrected chi connectivity index (χ2v) is 6.67. The van der Waals surface area contributed by atoms with Crippen LogP contribution in [0.4, 0.5) is 0 Å². The Morgan fingerprint density at radius 2 is 2.26 bits per heavy atom. The lowest BCUT2D eigenvalue weighted by Gasteiger charge is -2.08. The first-order chi connectivity index (χ1) is 8.90. The lowest BCUT2D eigenvalue weighted by atomic mass is 10.3. The molecular weight excluding hydrogens is 286 g/mol. The number of nitrogens with one attached hydrogen (secondary N) is 1. The topological polar surface area (TPSA) is 83.5 Å². The Balaban J connectivity index is 2.59. The number of carbonyl (C=O) groups excluding carboxylic acids is 1. The largest absolute Gasteiger partial charge is 0.478 e. The van der Waals surface area contributed by atoms with Gasteiger partial charge in [0.1, 0.15) is 0 Å². The molecule has 0 aromatic carbocycles. The summed E-state index contributed by atoms with van der Waals surface area (Å²) >= 11 is 1.29. The van der Waals surface area contributed by atoms with Gasteiger partial charge in [0, 0.05) is 45.2 Å². The Bertz CT molecular complexity index is 522. The van der Waals surface area contributed by atoms with Crippen molar-refractivity contribution in [1.82, 2.24) is 5.32 Å². The summed E-state index contributed by atoms with van der Waals surface area (Å²) in [6.07, 6.45) is 4.06. The molecular formula is C12H15NO4S2. The first-order valence-electron chi connectivity index (χ1n) is 5.50. The van der Waals surface area contributed by atoms with E-state index in [0.29, 0.717) is 17.0 Å². The van der Waals surface area contributed by atoms with Crippen molar-refractivity contribution in [2.24, 2.45) is 0 Å². The predicted octanol–water partition coefficient (Wildman–Crippen LogP) is 1.34. The summed E-state index contributed by atoms with van der Waals surface area (Å²) in [6, 6.07) is 1.62. The van der Waals surface area contributed by atoms with Gasteiger partial charge in [-0.05, 0) is 19.1 Å². The molecule has 1 aromatic heterocycles. The highest BCUT2D eigenvalue weighted by atomic mass is 32.2. The molecule has 2 unspecified atom stereocenters. The molecule has 0 bridgehead atoms. The highest BCUT2D eigenvalue weighted by Crippen LogP contribution is 2.16. The molecule has 7 heteroatoms. The first kappa shape index (κ1) is 15.6. The standard InChI is InChI=1S/C12H15NO4S2/c1-8(19(2)17)6-13-12(16)9-5-10(18-7-9)3-4-11(14)15/h3-5,7-8H,6H2,1-2H3,(H,13,16)(H,14,15)/b4-3+. The molecule has 104 valence electrons. The van der Waals surface area contributed by atoms with Crippen LogP contribution in [0, 0.1) is 0 Å². The van der Waals surface area contributed by atoms with Gasteiger partial charge in [-0.2, -0.15) is 0 Å². The van der Waals surface area contributed by atoms with E-state index in [1.165, 1.54) is 17.4 Å². The lowest BCUT2D eigenvalue weighted by Crippen LogP contribution is -2.32. The molecule has 1 heterocycles. The van der Waals surface area contributed by atoms with E-state index in [4.69, 9.17) is 5.11 Å². The maximum atomic E-state index is 11.8. The highest BCUT2D eigenvalue weighted by Gasteiger charge is 2.11. The van der Waals surface area contributed by atoms with Gasteiger partial charge in [0.15, 0.2) is 0 Å². The number of carboxylic acid groups (broad SMARTS) is 1. The van der Waals surface area contributed by atoms with Gasteiger partial charge in [0.25, 0.3) is 5.91 Å². The van der Waals surface area contributed by atoms with Crippen LogP contribution >= 0.6 is 11.3 Å². The van der Waals surface area contributed by atoms with E-state index in [1.807, 2.05) is 0 Å². The normalized spacial score (nSPS) is 14.2. The minimum atomic E-state index is -1.03. The molecule has 0 aliphatic heterocycles. The molecule has 0 aliphatic carbocycles. The van der Waals surface area contributed by atoms with Crippen molar-refractivity contribution in [3.63, 3.8) is 0 Å². The Labute approximate surface area is 117 Å². The fraction of sp³-hybridized carbons (Fsp3) is 0.333. The average molecular weight is 301 g/mol. The van der Waals surface area contributed by atoms with Crippen molar-refractivity contribution in [3.8, 4) is 0 Å². The number of hydrogen-bond acceptors (Lipinski definition) is 4. The molecule has 1 aromatic rings. The number of amides is 1. The zero-order chi connectivity index (χ0) is 14.4. The third-order valence-corrected chi connectivity index (χ3v) is 4.59. The quantitative estimate of drug-likeness (QED) is 0.777. The molecule has 5 nitrogen and oxygen atoms in total. The van der Waals surface area contributed by atoms with Gasteiger partial charge in [-0.25, -0.2) is 4.79 Å². The van der Waals surface area contributed by atoms with E-state index < -0.39 is 16.8 Å². The van der Waals surface area contributed by atoms with Crippen LogP contribution in [-0.4, -0.2) is 39.2 Å². The van der Waals surface area contributed by atoms with Gasteiger partial charge in [-0.1, -0.05) is 0 Å². The van der Waals surface area contributed by atoms with Crippen LogP contribution in [-0.2, 0) is 15.6 Å². The van der Waals surface area contributed by atoms with Gasteiger partial charge < -0.3 is 10.4 Å². The molecule has 1 rings (SSSR count). The smallest absolute Gasteiger partial charge is 0.328 e. The van der Waals surface area contributed by atoms with E-state index in [-0.39, 0.29) is 11.2 Å². The minimum Gasteiger partial charge on any atom is -0.478 e. The number of aliphatic carboxylic acids is 1. The Morgan fingerprint density at radius 1 is 1.58 bits per heavy atom. The number of thiophene rings is 1. The van der Waals surface area contributed by atoms with Crippen LogP contribution in [0.15, 0.2) is 17.5 Å². The van der Waals surface area contributed by atoms with E-state index in [0.717, 1.165) is 6.08 Å². The lowest BCUT2D eigenvalue weighted by molar-refractivity contribution is -0.131. The summed E-state index contributed by atoms with van der Waals surface area (Å²) in [5, 5.41) is 12.7. The molecule has 0 fully saturated rings. The number of rotatable bonds is 6. The molecule has 0 spiro atoms. The maximum Gasteiger partial charge on any atom is 0.328 e. The van der Waals surface area contributed by atoms with Crippen LogP contribution in [0.3, 0.4) is 0 Å². The molecule has 0 saturated carbocycles. The number of carboxylic acids is 1. The summed E-state index contributed by atoms with van der Waals surface area (Å²) in [4.78, 5) is 22.8. The molecule has 0 aliphatic rings. The van der Waals surface area contributed by atoms with Crippen LogP contribution in [0.1, 0.15) is 22.2 Å². The minimum absolute atomic E-state index is 0.103. The summed E-state index contributed by atoms with van der Waals surface area (Å²) < 4.78 is 11.1. The van der Waals surface area contributed by atoms with Crippen LogP contribution in [0.25, 0.3) is 6.08 Å². The summed E-state index contributed by atoms with van der Waals surface area (Å²) in [7, 11) is -0.975. The van der Waals surface area contributed by atoms with Crippen molar-refractivity contribution in [1.29, 1.82) is 0 Å². The fourth-order valence-corrected chi connectivity index (χ4v) is 2.27. The zero-order valence-corrected chi connectivity index (χ0v) is 12.2. The Morgan fingerprint density at radius 3 is 2.84 bits per heavy atom. The van der Waals surface area contributed by atoms with Gasteiger partial charge in [-0.15, -0.1) is 11.3 Å². The van der Waals surface area contributed by atoms with Crippen LogP contribution < -0.4 is 5.32 Å². The maximum absolute atomic E-state index is 11.8. The number of hydrogen-bond donors (Lipinski definition) is 2. The second kappa shape index (κ2) is 7.20. The van der Waals surface area contributed by atoms with Crippen molar-refractivity contribution in [2.75, 3.05) is 12.8 Å². The Kier molecular flexibility index (Phi) is 5.91. The summed E-state index contributed by atoms with van der Waals surface area (Å²) in [5.74, 6) is -1.28. The SMILES string of the molecule is CC(CNC(=O)c1csc(/C=C/C(=O)O)c1)S(C)=O. The fourth-order valence-electron chi connectivity index (χ4n) is 1.17. The molecule has 0 radical (unpaired) electrons. The summed E-state index contributed by atoms with van der Waals surface area (Å²) in [6.45, 7) is 2.14. The predicted molar refractivity (Wildman–Crippen MR) is 76.9 cm³/mol. The van der Waals surface area contributed by atoms with Gasteiger partial charge in [0.05, 0.1) is 5.56 Å². The monoisotopic (exact) mass is 301 g/mol. The molecule has 19 heavy (non-hydrogen) atoms. The van der Waals surface area contributed by atoms with E-state index in [9.17, 15) is 13.8 Å². The van der Waals surface area contributed by atoms with E-state index >= 15 is 0 Å². The first-order valence-corrected chi connectivity index (χ1v) is 8.00. The molecule has 2 N–H and O–H groups in total. The van der Waals surface area contributed by atoms with Crippen molar-refractivity contribution < 1.29 is 18.9 Å². The Hall–Kier alpha value is -1.47. The molecule has 2 atom stereocenters. The van der Waals surface area contributed by atoms with Gasteiger partial charge >= 0.3 is 5.97 Å². The highest BCUT2D eigenvalue weighted by molar-refractivity contribution is 7.84. The van der Waals surface area contributed by atoms with Crippen molar-refractivity contribution >= 4 is 40.1 Å². The van der Waals surface area contributed by atoms with E-state index in [2.05, 4.69) is 5.32 Å². The molecule has 1 amide bonds. The van der Waals surface area contributed by atoms with Crippen LogP contribution in [0.2, 0.25) is 0 Å². The average Bonchev–Trinajstić information content (AvgIpc) is 2.81. The third-order valence-electron chi connectivity index (χ3n) is 2.39. The van der Waals surface area contributed by atoms with Gasteiger partial charge in [0.2, 0.25) is 0 Å².